The van der Waals surface area contributed by atoms with Crippen molar-refractivity contribution in [2.24, 2.45) is 11.8 Å². The van der Waals surface area contributed by atoms with E-state index in [-0.39, 0.29) is 6.04 Å². The van der Waals surface area contributed by atoms with E-state index in [0.29, 0.717) is 5.92 Å². The molecule has 3 heteroatoms. The minimum absolute atomic E-state index is 0.146. The molecule has 20 heavy (non-hydrogen) atoms. The van der Waals surface area contributed by atoms with Gasteiger partial charge in [-0.3, -0.25) is 0 Å². The maximum Gasteiger partial charge on any atom is 0.159 e. The fraction of sp³-hybridized carbons (Fsp3) is 0.647. The molecule has 1 aliphatic carbocycles. The van der Waals surface area contributed by atoms with Crippen LogP contribution < -0.4 is 5.32 Å². The normalized spacial score (nSPS) is 24.6. The van der Waals surface area contributed by atoms with E-state index in [1.807, 2.05) is 0 Å². The van der Waals surface area contributed by atoms with Crippen LogP contribution in [0, 0.1) is 23.5 Å². The van der Waals surface area contributed by atoms with Gasteiger partial charge in [0.2, 0.25) is 0 Å². The summed E-state index contributed by atoms with van der Waals surface area (Å²) in [5.41, 5.74) is 0.880. The van der Waals surface area contributed by atoms with Gasteiger partial charge in [-0.2, -0.15) is 0 Å². The molecular weight excluding hydrogens is 256 g/mol. The van der Waals surface area contributed by atoms with E-state index in [9.17, 15) is 8.78 Å². The molecule has 1 unspecified atom stereocenters. The zero-order chi connectivity index (χ0) is 14.5. The fourth-order valence-electron chi connectivity index (χ4n) is 3.41. The minimum Gasteiger partial charge on any atom is -0.310 e. The van der Waals surface area contributed by atoms with Crippen molar-refractivity contribution >= 4 is 0 Å². The van der Waals surface area contributed by atoms with Gasteiger partial charge >= 0.3 is 0 Å². The van der Waals surface area contributed by atoms with Gasteiger partial charge < -0.3 is 5.32 Å². The average molecular weight is 281 g/mol. The summed E-state index contributed by atoms with van der Waals surface area (Å²) in [6, 6.07) is 4.46. The van der Waals surface area contributed by atoms with Crippen molar-refractivity contribution in [1.29, 1.82) is 0 Å². The van der Waals surface area contributed by atoms with Crippen molar-refractivity contribution in [3.05, 3.63) is 35.4 Å². The van der Waals surface area contributed by atoms with Crippen molar-refractivity contribution < 1.29 is 8.78 Å². The topological polar surface area (TPSA) is 12.0 Å². The largest absolute Gasteiger partial charge is 0.310 e. The quantitative estimate of drug-likeness (QED) is 0.815. The standard InChI is InChI=1S/C17H25F2N/c1-3-12-5-7-13(8-6-12)17(20-4-2)14-9-10-15(18)16(19)11-14/h9-13,17,20H,3-8H2,1-2H3. The highest BCUT2D eigenvalue weighted by Crippen LogP contribution is 2.38. The lowest BCUT2D eigenvalue weighted by Crippen LogP contribution is -2.31. The first kappa shape index (κ1) is 15.4. The third-order valence-electron chi connectivity index (χ3n) is 4.67. The van der Waals surface area contributed by atoms with Gasteiger partial charge in [-0.05, 0) is 48.9 Å². The van der Waals surface area contributed by atoms with Gasteiger partial charge in [-0.1, -0.05) is 39.2 Å². The SMILES string of the molecule is CCNC(c1ccc(F)c(F)c1)C1CCC(CC)CC1. The molecule has 1 saturated carbocycles. The number of benzene rings is 1. The molecule has 0 heterocycles. The van der Waals surface area contributed by atoms with Crippen molar-refractivity contribution in [3.63, 3.8) is 0 Å². The maximum atomic E-state index is 13.5. The van der Waals surface area contributed by atoms with Crippen molar-refractivity contribution in [1.82, 2.24) is 5.32 Å². The Bertz CT molecular complexity index is 425. The Hall–Kier alpha value is -0.960. The van der Waals surface area contributed by atoms with Crippen LogP contribution in [0.15, 0.2) is 18.2 Å². The first-order chi connectivity index (χ1) is 9.65. The van der Waals surface area contributed by atoms with E-state index < -0.39 is 11.6 Å². The highest BCUT2D eigenvalue weighted by molar-refractivity contribution is 5.22. The lowest BCUT2D eigenvalue weighted by molar-refractivity contribution is 0.220. The molecule has 1 aromatic rings. The van der Waals surface area contributed by atoms with Gasteiger partial charge in [-0.15, -0.1) is 0 Å². The van der Waals surface area contributed by atoms with Gasteiger partial charge in [0.1, 0.15) is 0 Å². The number of halogens is 2. The zero-order valence-corrected chi connectivity index (χ0v) is 12.5. The second-order valence-electron chi connectivity index (χ2n) is 5.90. The number of nitrogens with one attached hydrogen (secondary N) is 1. The Morgan fingerprint density at radius 3 is 2.35 bits per heavy atom. The Kier molecular flexibility index (Phi) is 5.53. The van der Waals surface area contributed by atoms with Crippen LogP contribution in [0.5, 0.6) is 0 Å². The molecule has 0 spiro atoms. The molecule has 1 atom stereocenters. The minimum atomic E-state index is -0.765. The molecule has 0 aliphatic heterocycles. The summed E-state index contributed by atoms with van der Waals surface area (Å²) in [7, 11) is 0. The third kappa shape index (κ3) is 3.57. The molecule has 1 N–H and O–H groups in total. The van der Waals surface area contributed by atoms with Crippen molar-refractivity contribution in [2.45, 2.75) is 52.0 Å². The fourth-order valence-corrected chi connectivity index (χ4v) is 3.41. The van der Waals surface area contributed by atoms with Crippen LogP contribution in [-0.4, -0.2) is 6.54 Å². The lowest BCUT2D eigenvalue weighted by atomic mass is 9.76. The van der Waals surface area contributed by atoms with Crippen LogP contribution in [0.4, 0.5) is 8.78 Å². The summed E-state index contributed by atoms with van der Waals surface area (Å²) in [5.74, 6) is -0.132. The van der Waals surface area contributed by atoms with Crippen molar-refractivity contribution in [3.8, 4) is 0 Å². The Labute approximate surface area is 120 Å². The summed E-state index contributed by atoms with van der Waals surface area (Å²) >= 11 is 0. The molecule has 0 saturated heterocycles. The zero-order valence-electron chi connectivity index (χ0n) is 12.5. The molecule has 2 rings (SSSR count). The summed E-state index contributed by atoms with van der Waals surface area (Å²) in [5, 5.41) is 3.46. The molecule has 0 bridgehead atoms. The van der Waals surface area contributed by atoms with E-state index >= 15 is 0 Å². The van der Waals surface area contributed by atoms with E-state index in [1.54, 1.807) is 6.07 Å². The maximum absolute atomic E-state index is 13.5. The van der Waals surface area contributed by atoms with E-state index in [2.05, 4.69) is 19.2 Å². The molecule has 1 aliphatic rings. The van der Waals surface area contributed by atoms with Crippen LogP contribution in [0.1, 0.15) is 57.6 Å². The summed E-state index contributed by atoms with van der Waals surface area (Å²) in [4.78, 5) is 0. The molecule has 1 aromatic carbocycles. The van der Waals surface area contributed by atoms with Gasteiger partial charge in [0.05, 0.1) is 0 Å². The van der Waals surface area contributed by atoms with Crippen molar-refractivity contribution in [2.75, 3.05) is 6.54 Å². The monoisotopic (exact) mass is 281 g/mol. The van der Waals surface area contributed by atoms with Gasteiger partial charge in [0, 0.05) is 6.04 Å². The molecule has 0 radical (unpaired) electrons. The van der Waals surface area contributed by atoms with E-state index in [4.69, 9.17) is 0 Å². The Balaban J connectivity index is 2.12. The second-order valence-corrected chi connectivity index (χ2v) is 5.90. The van der Waals surface area contributed by atoms with Crippen LogP contribution in [-0.2, 0) is 0 Å². The number of hydrogen-bond donors (Lipinski definition) is 1. The summed E-state index contributed by atoms with van der Waals surface area (Å²) in [6.45, 7) is 5.16. The predicted octanol–water partition coefficient (Wildman–Crippen LogP) is 4.83. The Morgan fingerprint density at radius 2 is 1.80 bits per heavy atom. The number of hydrogen-bond acceptors (Lipinski definition) is 1. The summed E-state index contributed by atoms with van der Waals surface area (Å²) in [6.07, 6.45) is 6.12. The smallest absolute Gasteiger partial charge is 0.159 e. The first-order valence-electron chi connectivity index (χ1n) is 7.84. The van der Waals surface area contributed by atoms with Crippen LogP contribution in [0.25, 0.3) is 0 Å². The van der Waals surface area contributed by atoms with Gasteiger partial charge in [0.25, 0.3) is 0 Å². The molecular formula is C17H25F2N. The Morgan fingerprint density at radius 1 is 1.10 bits per heavy atom. The highest BCUT2D eigenvalue weighted by Gasteiger charge is 2.28. The molecule has 0 aromatic heterocycles. The van der Waals surface area contributed by atoms with Crippen LogP contribution in [0.3, 0.4) is 0 Å². The third-order valence-corrected chi connectivity index (χ3v) is 4.67. The van der Waals surface area contributed by atoms with Crippen LogP contribution in [0.2, 0.25) is 0 Å². The van der Waals surface area contributed by atoms with E-state index in [0.717, 1.165) is 18.0 Å². The second kappa shape index (κ2) is 7.16. The predicted molar refractivity (Wildman–Crippen MR) is 78.5 cm³/mol. The summed E-state index contributed by atoms with van der Waals surface area (Å²) < 4.78 is 26.6. The number of rotatable bonds is 5. The molecule has 1 nitrogen and oxygen atoms in total. The van der Waals surface area contributed by atoms with Gasteiger partial charge in [-0.25, -0.2) is 8.78 Å². The lowest BCUT2D eigenvalue weighted by Gasteiger charge is -2.34. The highest BCUT2D eigenvalue weighted by atomic mass is 19.2. The molecule has 0 amide bonds. The molecule has 112 valence electrons. The van der Waals surface area contributed by atoms with Gasteiger partial charge in [0.15, 0.2) is 11.6 Å². The van der Waals surface area contributed by atoms with E-state index in [1.165, 1.54) is 44.2 Å². The first-order valence-corrected chi connectivity index (χ1v) is 7.84. The average Bonchev–Trinajstić information content (AvgIpc) is 2.48. The molecule has 1 fully saturated rings. The van der Waals surface area contributed by atoms with Crippen LogP contribution >= 0.6 is 0 Å².